The normalized spacial score (nSPS) is 11.1. The lowest BCUT2D eigenvalue weighted by Crippen LogP contribution is -1.85. The lowest BCUT2D eigenvalue weighted by molar-refractivity contribution is -0.132. The molecule has 2 N–H and O–H groups in total. The molecular weight excluding hydrogens is 436 g/mol. The molecule has 4 nitrogen and oxygen atoms in total. The molecule has 0 aromatic rings. The van der Waals surface area contributed by atoms with Crippen molar-refractivity contribution in [2.45, 2.75) is 162 Å². The van der Waals surface area contributed by atoms with Crippen molar-refractivity contribution >= 4 is 11.9 Å². The van der Waals surface area contributed by atoms with E-state index in [1.807, 2.05) is 0 Å². The average Bonchev–Trinajstić information content (AvgIpc) is 2.83. The van der Waals surface area contributed by atoms with E-state index >= 15 is 0 Å². The monoisotopic (exact) mass is 494 g/mol. The summed E-state index contributed by atoms with van der Waals surface area (Å²) in [5.41, 5.74) is 0. The third kappa shape index (κ3) is 39.9. The van der Waals surface area contributed by atoms with Crippen molar-refractivity contribution < 1.29 is 19.8 Å². The number of aliphatic carboxylic acids is 2. The van der Waals surface area contributed by atoms with Gasteiger partial charge in [0.15, 0.2) is 0 Å². The lowest BCUT2D eigenvalue weighted by atomic mass is 10.1. The van der Waals surface area contributed by atoms with E-state index in [0.717, 1.165) is 25.7 Å². The number of carboxylic acids is 2. The molecule has 0 aliphatic heterocycles. The van der Waals surface area contributed by atoms with Gasteiger partial charge in [-0.05, 0) is 25.7 Å². The Morgan fingerprint density at radius 3 is 0.886 bits per heavy atom. The summed E-state index contributed by atoms with van der Waals surface area (Å²) in [6.07, 6.45) is 35.8. The van der Waals surface area contributed by atoms with Gasteiger partial charge in [0.2, 0.25) is 0 Å². The van der Waals surface area contributed by atoms with E-state index in [0.29, 0.717) is 0 Å². The van der Waals surface area contributed by atoms with E-state index in [1.165, 1.54) is 134 Å². The molecule has 0 aromatic heterocycles. The van der Waals surface area contributed by atoms with Gasteiger partial charge in [0, 0.05) is 12.2 Å². The summed E-state index contributed by atoms with van der Waals surface area (Å²) in [4.78, 5) is 20.4. The molecule has 0 fully saturated rings. The van der Waals surface area contributed by atoms with E-state index in [2.05, 4.69) is 13.8 Å². The van der Waals surface area contributed by atoms with Crippen LogP contribution in [-0.2, 0) is 9.59 Å². The molecule has 0 spiro atoms. The molecule has 4 heteroatoms. The van der Waals surface area contributed by atoms with Crippen LogP contribution in [0, 0.1) is 0 Å². The molecule has 0 aliphatic carbocycles. The highest BCUT2D eigenvalue weighted by atomic mass is 16.4. The Morgan fingerprint density at radius 2 is 0.657 bits per heavy atom. The zero-order valence-electron chi connectivity index (χ0n) is 23.3. The maximum atomic E-state index is 10.2. The SMILES string of the molecule is CCCCCCCCCCCC/C=C/C(=O)O.CCCCCCCCCCCCC/C=C/C(=O)O. The maximum absolute atomic E-state index is 10.2. The molecule has 0 saturated carbocycles. The quantitative estimate of drug-likeness (QED) is 0.0977. The first kappa shape index (κ1) is 35.6. The first-order chi connectivity index (χ1) is 17.0. The molecule has 0 radical (unpaired) electrons. The van der Waals surface area contributed by atoms with Crippen LogP contribution in [0.2, 0.25) is 0 Å². The van der Waals surface area contributed by atoms with E-state index in [1.54, 1.807) is 12.2 Å². The van der Waals surface area contributed by atoms with Crippen LogP contribution in [0.1, 0.15) is 162 Å². The topological polar surface area (TPSA) is 74.6 Å². The van der Waals surface area contributed by atoms with Crippen LogP contribution in [0.5, 0.6) is 0 Å². The van der Waals surface area contributed by atoms with Crippen molar-refractivity contribution in [2.75, 3.05) is 0 Å². The lowest BCUT2D eigenvalue weighted by Gasteiger charge is -2.01. The van der Waals surface area contributed by atoms with Gasteiger partial charge in [-0.3, -0.25) is 0 Å². The van der Waals surface area contributed by atoms with E-state index in [-0.39, 0.29) is 0 Å². The number of hydrogen-bond acceptors (Lipinski definition) is 2. The van der Waals surface area contributed by atoms with Gasteiger partial charge in [-0.25, -0.2) is 9.59 Å². The second-order valence-electron chi connectivity index (χ2n) is 9.78. The van der Waals surface area contributed by atoms with Crippen LogP contribution >= 0.6 is 0 Å². The molecule has 0 atom stereocenters. The van der Waals surface area contributed by atoms with Crippen molar-refractivity contribution in [3.8, 4) is 0 Å². The maximum Gasteiger partial charge on any atom is 0.327 e. The molecule has 35 heavy (non-hydrogen) atoms. The van der Waals surface area contributed by atoms with Crippen LogP contribution < -0.4 is 0 Å². The number of hydrogen-bond donors (Lipinski definition) is 2. The first-order valence-electron chi connectivity index (χ1n) is 14.8. The van der Waals surface area contributed by atoms with Gasteiger partial charge < -0.3 is 10.2 Å². The van der Waals surface area contributed by atoms with Crippen molar-refractivity contribution in [1.82, 2.24) is 0 Å². The molecule has 206 valence electrons. The first-order valence-corrected chi connectivity index (χ1v) is 14.8. The number of allylic oxidation sites excluding steroid dienone is 2. The molecule has 0 saturated heterocycles. The third-order valence-electron chi connectivity index (χ3n) is 6.22. The number of rotatable bonds is 25. The van der Waals surface area contributed by atoms with Gasteiger partial charge in [-0.1, -0.05) is 148 Å². The van der Waals surface area contributed by atoms with Crippen LogP contribution in [0.3, 0.4) is 0 Å². The Labute approximate surface area is 217 Å². The Hall–Kier alpha value is -1.58. The van der Waals surface area contributed by atoms with Crippen molar-refractivity contribution in [2.24, 2.45) is 0 Å². The minimum atomic E-state index is -0.836. The van der Waals surface area contributed by atoms with Gasteiger partial charge in [-0.15, -0.1) is 0 Å². The summed E-state index contributed by atoms with van der Waals surface area (Å²) in [6, 6.07) is 0. The fourth-order valence-electron chi connectivity index (χ4n) is 4.04. The van der Waals surface area contributed by atoms with Gasteiger partial charge in [0.05, 0.1) is 0 Å². The summed E-state index contributed by atoms with van der Waals surface area (Å²) >= 11 is 0. The minimum Gasteiger partial charge on any atom is -0.478 e. The van der Waals surface area contributed by atoms with Gasteiger partial charge in [0.1, 0.15) is 0 Å². The van der Waals surface area contributed by atoms with Gasteiger partial charge >= 0.3 is 11.9 Å². The summed E-state index contributed by atoms with van der Waals surface area (Å²) in [6.45, 7) is 4.50. The Morgan fingerprint density at radius 1 is 0.429 bits per heavy atom. The fraction of sp³-hybridized carbons (Fsp3) is 0.806. The molecule has 0 amide bonds. The average molecular weight is 495 g/mol. The Kier molecular flexibility index (Phi) is 33.0. The molecule has 0 aromatic carbocycles. The van der Waals surface area contributed by atoms with Crippen LogP contribution in [0.15, 0.2) is 24.3 Å². The predicted molar refractivity (Wildman–Crippen MR) is 151 cm³/mol. The van der Waals surface area contributed by atoms with Gasteiger partial charge in [-0.2, -0.15) is 0 Å². The highest BCUT2D eigenvalue weighted by molar-refractivity contribution is 5.79. The standard InChI is InChI=1S/C16H30O2.C15H28O2/c1-2-3-4-5-6-7-8-9-10-11-12-13-14-15-16(17)18;1-2-3-4-5-6-7-8-9-10-11-12-13-14-15(16)17/h14-15H,2-13H2,1H3,(H,17,18);13-14H,2-12H2,1H3,(H,16,17)/b15-14+;14-13+. The molecule has 0 unspecified atom stereocenters. The van der Waals surface area contributed by atoms with Crippen LogP contribution in [-0.4, -0.2) is 22.2 Å². The summed E-state index contributed by atoms with van der Waals surface area (Å²) in [5, 5.41) is 16.8. The predicted octanol–water partition coefficient (Wildman–Crippen LogP) is 10.3. The molecule has 0 aliphatic rings. The Bertz CT molecular complexity index is 496. The van der Waals surface area contributed by atoms with Crippen molar-refractivity contribution in [3.63, 3.8) is 0 Å². The van der Waals surface area contributed by atoms with E-state index < -0.39 is 11.9 Å². The van der Waals surface area contributed by atoms with Crippen molar-refractivity contribution in [1.29, 1.82) is 0 Å². The smallest absolute Gasteiger partial charge is 0.327 e. The summed E-state index contributed by atoms with van der Waals surface area (Å²) in [5.74, 6) is -1.67. The number of carbonyl (C=O) groups is 2. The third-order valence-corrected chi connectivity index (χ3v) is 6.22. The molecule has 0 bridgehead atoms. The number of unbranched alkanes of at least 4 members (excludes halogenated alkanes) is 21. The highest BCUT2D eigenvalue weighted by Gasteiger charge is 1.94. The minimum absolute atomic E-state index is 0.835. The molecular formula is C31H58O4. The number of carboxylic acid groups (broad SMARTS) is 2. The second-order valence-corrected chi connectivity index (χ2v) is 9.78. The van der Waals surface area contributed by atoms with E-state index in [9.17, 15) is 9.59 Å². The Balaban J connectivity index is 0. The van der Waals surface area contributed by atoms with Crippen LogP contribution in [0.25, 0.3) is 0 Å². The second kappa shape index (κ2) is 32.4. The summed E-state index contributed by atoms with van der Waals surface area (Å²) in [7, 11) is 0. The summed E-state index contributed by atoms with van der Waals surface area (Å²) < 4.78 is 0. The zero-order chi connectivity index (χ0) is 26.2. The molecule has 0 heterocycles. The fourth-order valence-corrected chi connectivity index (χ4v) is 4.04. The zero-order valence-corrected chi connectivity index (χ0v) is 23.3. The van der Waals surface area contributed by atoms with Crippen LogP contribution in [0.4, 0.5) is 0 Å². The highest BCUT2D eigenvalue weighted by Crippen LogP contribution is 2.12. The van der Waals surface area contributed by atoms with E-state index in [4.69, 9.17) is 10.2 Å². The largest absolute Gasteiger partial charge is 0.478 e. The van der Waals surface area contributed by atoms with Gasteiger partial charge in [0.25, 0.3) is 0 Å². The molecule has 0 rings (SSSR count). The van der Waals surface area contributed by atoms with Crippen molar-refractivity contribution in [3.05, 3.63) is 24.3 Å².